The molecule has 0 heterocycles. The molecule has 2 amide bonds. The zero-order valence-electron chi connectivity index (χ0n) is 12.0. The van der Waals surface area contributed by atoms with Gasteiger partial charge in [-0.25, -0.2) is 0 Å². The molecule has 1 unspecified atom stereocenters. The average Bonchev–Trinajstić information content (AvgIpc) is 2.38. The van der Waals surface area contributed by atoms with Crippen molar-refractivity contribution in [2.24, 2.45) is 0 Å². The van der Waals surface area contributed by atoms with E-state index in [0.29, 0.717) is 19.3 Å². The Hall–Kier alpha value is -0.400. The van der Waals surface area contributed by atoms with Crippen LogP contribution in [0.3, 0.4) is 0 Å². The number of ether oxygens (including phenoxy) is 1. The first-order valence-corrected chi connectivity index (χ1v) is 8.70. The Morgan fingerprint density at radius 1 is 1.11 bits per heavy atom. The van der Waals surface area contributed by atoms with Gasteiger partial charge >= 0.3 is 0 Å². The minimum absolute atomic E-state index is 0.0472. The molecule has 112 valence electrons. The number of rotatable bonds is 10. The number of hydrogen-bond acceptors (Lipinski definition) is 5. The highest BCUT2D eigenvalue weighted by molar-refractivity contribution is 8.75. The first-order chi connectivity index (χ1) is 8.99. The van der Waals surface area contributed by atoms with Crippen molar-refractivity contribution in [1.82, 2.24) is 9.44 Å². The molecule has 7 heteroatoms. The van der Waals surface area contributed by atoms with Gasteiger partial charge in [0.1, 0.15) is 0 Å². The summed E-state index contributed by atoms with van der Waals surface area (Å²) < 4.78 is 10.9. The smallest absolute Gasteiger partial charge is 0.230 e. The Morgan fingerprint density at radius 2 is 1.68 bits per heavy atom. The third-order valence-electron chi connectivity index (χ3n) is 2.29. The van der Waals surface area contributed by atoms with Gasteiger partial charge in [-0.3, -0.25) is 19.0 Å². The van der Waals surface area contributed by atoms with Crippen LogP contribution in [0.15, 0.2) is 0 Å². The number of carbonyl (C=O) groups excluding carboxylic acids is 2. The third-order valence-corrected chi connectivity index (χ3v) is 3.74. The van der Waals surface area contributed by atoms with Crippen molar-refractivity contribution in [3.8, 4) is 0 Å². The van der Waals surface area contributed by atoms with Crippen LogP contribution < -0.4 is 9.44 Å². The van der Waals surface area contributed by atoms with Gasteiger partial charge in [0.05, 0.1) is 12.2 Å². The minimum atomic E-state index is -0.0527. The molecule has 5 nitrogen and oxygen atoms in total. The lowest BCUT2D eigenvalue weighted by atomic mass is 10.1. The molecule has 19 heavy (non-hydrogen) atoms. The van der Waals surface area contributed by atoms with Crippen LogP contribution in [0.4, 0.5) is 0 Å². The van der Waals surface area contributed by atoms with E-state index in [2.05, 4.69) is 16.4 Å². The van der Waals surface area contributed by atoms with E-state index in [9.17, 15) is 9.59 Å². The van der Waals surface area contributed by atoms with Crippen LogP contribution in [-0.2, 0) is 14.3 Å². The number of hydrogen-bond donors (Lipinski definition) is 2. The normalized spacial score (nSPS) is 12.3. The fourth-order valence-corrected chi connectivity index (χ4v) is 2.63. The van der Waals surface area contributed by atoms with Gasteiger partial charge in [0.25, 0.3) is 0 Å². The summed E-state index contributed by atoms with van der Waals surface area (Å²) in [4.78, 5) is 22.5. The van der Waals surface area contributed by atoms with E-state index >= 15 is 0 Å². The van der Waals surface area contributed by atoms with E-state index in [1.165, 1.54) is 0 Å². The molecule has 0 aromatic heterocycles. The van der Waals surface area contributed by atoms with Gasteiger partial charge in [-0.15, -0.1) is 0 Å². The number of amides is 2. The fourth-order valence-electron chi connectivity index (χ4n) is 1.30. The van der Waals surface area contributed by atoms with Gasteiger partial charge in [-0.1, -0.05) is 13.8 Å². The summed E-state index contributed by atoms with van der Waals surface area (Å²) in [6.07, 6.45) is 2.80. The van der Waals surface area contributed by atoms with E-state index in [4.69, 9.17) is 4.74 Å². The summed E-state index contributed by atoms with van der Waals surface area (Å²) in [6, 6.07) is 0. The maximum atomic E-state index is 11.5. The van der Waals surface area contributed by atoms with Crippen molar-refractivity contribution in [1.29, 1.82) is 0 Å². The van der Waals surface area contributed by atoms with Crippen LogP contribution in [-0.4, -0.2) is 24.0 Å². The van der Waals surface area contributed by atoms with Crippen molar-refractivity contribution in [2.45, 2.75) is 65.6 Å². The average molecular weight is 308 g/mol. The summed E-state index contributed by atoms with van der Waals surface area (Å²) >= 11 is 0. The molecule has 0 bridgehead atoms. The largest absolute Gasteiger partial charge is 0.376 e. The Labute approximate surface area is 123 Å². The molecule has 0 fully saturated rings. The Balaban J connectivity index is 3.65. The first kappa shape index (κ1) is 18.6. The van der Waals surface area contributed by atoms with Crippen molar-refractivity contribution in [3.63, 3.8) is 0 Å². The predicted octanol–water partition coefficient (Wildman–Crippen LogP) is 2.82. The Bertz CT molecular complexity index is 276. The van der Waals surface area contributed by atoms with E-state index in [1.807, 2.05) is 13.8 Å². The zero-order chi connectivity index (χ0) is 14.7. The van der Waals surface area contributed by atoms with Gasteiger partial charge in [-0.2, -0.15) is 0 Å². The van der Waals surface area contributed by atoms with Gasteiger partial charge in [0, 0.05) is 34.8 Å². The molecular weight excluding hydrogens is 284 g/mol. The van der Waals surface area contributed by atoms with Crippen molar-refractivity contribution < 1.29 is 14.3 Å². The van der Waals surface area contributed by atoms with E-state index < -0.39 is 0 Å². The summed E-state index contributed by atoms with van der Waals surface area (Å²) in [5, 5.41) is 0. The van der Waals surface area contributed by atoms with E-state index in [1.54, 1.807) is 6.92 Å². The van der Waals surface area contributed by atoms with Crippen LogP contribution in [0.1, 0.15) is 53.4 Å². The number of nitrogens with one attached hydrogen (secondary N) is 2. The second kappa shape index (κ2) is 11.4. The monoisotopic (exact) mass is 308 g/mol. The fraction of sp³-hybridized carbons (Fsp3) is 0.833. The molecule has 1 atom stereocenters. The van der Waals surface area contributed by atoms with Crippen molar-refractivity contribution in [3.05, 3.63) is 0 Å². The highest BCUT2D eigenvalue weighted by Gasteiger charge is 2.11. The maximum absolute atomic E-state index is 11.5. The lowest BCUT2D eigenvalue weighted by Gasteiger charge is -2.18. The van der Waals surface area contributed by atoms with Crippen LogP contribution in [0.5, 0.6) is 0 Å². The van der Waals surface area contributed by atoms with E-state index in [0.717, 1.165) is 28.4 Å². The van der Waals surface area contributed by atoms with Gasteiger partial charge in [0.2, 0.25) is 11.8 Å². The molecular formula is C12H24N2O3S2. The topological polar surface area (TPSA) is 67.4 Å². The minimum Gasteiger partial charge on any atom is -0.376 e. The Morgan fingerprint density at radius 3 is 2.16 bits per heavy atom. The lowest BCUT2D eigenvalue weighted by molar-refractivity contribution is -0.120. The summed E-state index contributed by atoms with van der Waals surface area (Å²) in [7, 11) is 2.24. The molecule has 0 radical (unpaired) electrons. The molecule has 0 spiro atoms. The summed E-state index contributed by atoms with van der Waals surface area (Å²) in [5.41, 5.74) is 0. The highest BCUT2D eigenvalue weighted by Crippen LogP contribution is 2.14. The third kappa shape index (κ3) is 11.1. The molecule has 0 aromatic rings. The van der Waals surface area contributed by atoms with Crippen LogP contribution in [0.25, 0.3) is 0 Å². The zero-order valence-corrected chi connectivity index (χ0v) is 13.7. The van der Waals surface area contributed by atoms with Crippen LogP contribution >= 0.6 is 22.0 Å². The van der Waals surface area contributed by atoms with Crippen LogP contribution in [0.2, 0.25) is 0 Å². The molecule has 0 saturated heterocycles. The van der Waals surface area contributed by atoms with Gasteiger partial charge in [-0.05, 0) is 26.7 Å². The SMILES string of the molecule is CCC(=O)NSSNC(=O)CCC(CC)OC(C)C. The van der Waals surface area contributed by atoms with Crippen molar-refractivity contribution >= 4 is 33.8 Å². The van der Waals surface area contributed by atoms with Crippen molar-refractivity contribution in [2.75, 3.05) is 0 Å². The molecule has 0 aliphatic carbocycles. The van der Waals surface area contributed by atoms with Gasteiger partial charge < -0.3 is 4.74 Å². The molecule has 0 aromatic carbocycles. The summed E-state index contributed by atoms with van der Waals surface area (Å²) in [5.74, 6) is -0.0998. The molecule has 2 N–H and O–H groups in total. The Kier molecular flexibility index (Phi) is 11.2. The highest BCUT2D eigenvalue weighted by atomic mass is 33.1. The maximum Gasteiger partial charge on any atom is 0.230 e. The van der Waals surface area contributed by atoms with Crippen LogP contribution in [0, 0.1) is 0 Å². The quantitative estimate of drug-likeness (QED) is 0.369. The van der Waals surface area contributed by atoms with E-state index in [-0.39, 0.29) is 24.0 Å². The second-order valence-electron chi connectivity index (χ2n) is 4.32. The number of carbonyl (C=O) groups is 2. The predicted molar refractivity (Wildman–Crippen MR) is 81.3 cm³/mol. The van der Waals surface area contributed by atoms with Gasteiger partial charge in [0.15, 0.2) is 0 Å². The standard InChI is InChI=1S/C12H24N2O3S2/c1-5-10(17-9(3)4)7-8-12(16)14-19-18-13-11(15)6-2/h9-10H,5-8H2,1-4H3,(H,13,15)(H,14,16). The molecule has 0 aliphatic heterocycles. The summed E-state index contributed by atoms with van der Waals surface area (Å²) in [6.45, 7) is 7.81. The molecule has 0 aliphatic rings. The molecule has 0 saturated carbocycles. The first-order valence-electron chi connectivity index (χ1n) is 6.55. The molecule has 0 rings (SSSR count). The lowest BCUT2D eigenvalue weighted by Crippen LogP contribution is -2.22. The second-order valence-corrected chi connectivity index (χ2v) is 6.07.